The number of aryl methyl sites for hydroxylation is 1. The molecule has 1 saturated heterocycles. The van der Waals surface area contributed by atoms with Crippen LogP contribution in [0.5, 0.6) is 0 Å². The molecule has 1 aliphatic heterocycles. The Bertz CT molecular complexity index is 1400. The van der Waals surface area contributed by atoms with E-state index in [0.29, 0.717) is 47.5 Å². The Balaban J connectivity index is 1.50. The zero-order chi connectivity index (χ0) is 23.3. The van der Waals surface area contributed by atoms with Crippen LogP contribution in [0.15, 0.2) is 35.1 Å². The molecule has 0 unspecified atom stereocenters. The first-order valence-corrected chi connectivity index (χ1v) is 12.8. The van der Waals surface area contributed by atoms with Crippen LogP contribution in [0.4, 0.5) is 5.69 Å². The van der Waals surface area contributed by atoms with Gasteiger partial charge in [0, 0.05) is 23.9 Å². The molecule has 174 valence electrons. The first-order valence-electron chi connectivity index (χ1n) is 11.3. The lowest BCUT2D eigenvalue weighted by molar-refractivity contribution is 0.0607. The van der Waals surface area contributed by atoms with E-state index in [1.165, 1.54) is 4.52 Å². The molecule has 2 aliphatic rings. The summed E-state index contributed by atoms with van der Waals surface area (Å²) in [6, 6.07) is 8.25. The van der Waals surface area contributed by atoms with Gasteiger partial charge in [-0.1, -0.05) is 12.1 Å². The molecule has 10 heteroatoms. The van der Waals surface area contributed by atoms with Crippen molar-refractivity contribution in [2.45, 2.75) is 57.2 Å². The molecule has 5 rings (SSSR count). The molecule has 3 aromatic rings. The maximum atomic E-state index is 13.7. The average molecular weight is 470 g/mol. The van der Waals surface area contributed by atoms with Crippen LogP contribution >= 0.6 is 0 Å². The smallest absolute Gasteiger partial charge is 0.277 e. The molecule has 1 saturated carbocycles. The highest BCUT2D eigenvalue weighted by atomic mass is 32.2. The second-order valence-electron chi connectivity index (χ2n) is 8.95. The number of anilines is 1. The maximum Gasteiger partial charge on any atom is 0.277 e. The highest BCUT2D eigenvalue weighted by Gasteiger charge is 2.37. The topological polar surface area (TPSA) is 117 Å². The molecule has 1 atom stereocenters. The van der Waals surface area contributed by atoms with Crippen molar-refractivity contribution in [3.63, 3.8) is 0 Å². The number of hydrogen-bond acceptors (Lipinski definition) is 5. The SMILES string of the molecule is Cc1[nH]c2cc([C@@H]3CCCCN3C(=O)c3ccccc3NS(=O)(=O)C3CC3)nn2c(=O)c1C. The summed E-state index contributed by atoms with van der Waals surface area (Å²) in [6.07, 6.45) is 3.79. The van der Waals surface area contributed by atoms with Crippen LogP contribution < -0.4 is 10.3 Å². The standard InChI is InChI=1S/C23H27N5O4S/c1-14-15(2)24-21-13-19(25-28(21)22(14)29)20-9-5-6-12-27(20)23(30)17-7-3-4-8-18(17)26-33(31,32)16-10-11-16/h3-4,7-8,13,16,20,24,26H,5-6,9-12H2,1-2H3/t20-/m0/s1. The average Bonchev–Trinajstić information content (AvgIpc) is 3.59. The minimum absolute atomic E-state index is 0.180. The first-order chi connectivity index (χ1) is 15.8. The Labute approximate surface area is 191 Å². The molecular formula is C23H27N5O4S. The predicted molar refractivity (Wildman–Crippen MR) is 125 cm³/mol. The summed E-state index contributed by atoms with van der Waals surface area (Å²) in [5.41, 5.74) is 3.07. The number of aromatic amines is 1. The lowest BCUT2D eigenvalue weighted by atomic mass is 9.98. The number of para-hydroxylation sites is 1. The summed E-state index contributed by atoms with van der Waals surface area (Å²) in [5.74, 6) is -0.246. The second kappa shape index (κ2) is 8.02. The van der Waals surface area contributed by atoms with E-state index >= 15 is 0 Å². The molecule has 0 radical (unpaired) electrons. The number of carbonyl (C=O) groups is 1. The molecule has 0 spiro atoms. The molecule has 2 aromatic heterocycles. The fourth-order valence-electron chi connectivity index (χ4n) is 4.42. The van der Waals surface area contributed by atoms with E-state index in [2.05, 4.69) is 14.8 Å². The van der Waals surface area contributed by atoms with Gasteiger partial charge in [0.25, 0.3) is 11.5 Å². The molecule has 1 amide bonds. The molecular weight excluding hydrogens is 442 g/mol. The van der Waals surface area contributed by atoms with Crippen LogP contribution in [0.2, 0.25) is 0 Å². The lowest BCUT2D eigenvalue weighted by Crippen LogP contribution is -2.39. The largest absolute Gasteiger partial charge is 0.343 e. The summed E-state index contributed by atoms with van der Waals surface area (Å²) >= 11 is 0. The van der Waals surface area contributed by atoms with Crippen molar-refractivity contribution < 1.29 is 13.2 Å². The van der Waals surface area contributed by atoms with E-state index in [9.17, 15) is 18.0 Å². The molecule has 2 fully saturated rings. The minimum Gasteiger partial charge on any atom is -0.343 e. The number of amides is 1. The van der Waals surface area contributed by atoms with Gasteiger partial charge >= 0.3 is 0 Å². The molecule has 2 N–H and O–H groups in total. The van der Waals surface area contributed by atoms with Crippen LogP contribution in [0, 0.1) is 13.8 Å². The summed E-state index contributed by atoms with van der Waals surface area (Å²) in [4.78, 5) is 31.3. The number of aromatic nitrogens is 3. The van der Waals surface area contributed by atoms with Gasteiger partial charge in [-0.25, -0.2) is 8.42 Å². The fraction of sp³-hybridized carbons (Fsp3) is 0.435. The number of fused-ring (bicyclic) bond motifs is 1. The van der Waals surface area contributed by atoms with Gasteiger partial charge in [0.1, 0.15) is 5.65 Å². The number of sulfonamides is 1. The quantitative estimate of drug-likeness (QED) is 0.596. The van der Waals surface area contributed by atoms with Gasteiger partial charge in [-0.2, -0.15) is 9.61 Å². The molecule has 0 bridgehead atoms. The van der Waals surface area contributed by atoms with E-state index in [0.717, 1.165) is 25.0 Å². The maximum absolute atomic E-state index is 13.7. The third-order valence-electron chi connectivity index (χ3n) is 6.60. The number of nitrogens with zero attached hydrogens (tertiary/aromatic N) is 3. The first kappa shape index (κ1) is 21.7. The summed E-state index contributed by atoms with van der Waals surface area (Å²) in [5, 5.41) is 4.16. The Morgan fingerprint density at radius 2 is 1.91 bits per heavy atom. The van der Waals surface area contributed by atoms with Crippen molar-refractivity contribution in [2.75, 3.05) is 11.3 Å². The van der Waals surface area contributed by atoms with Gasteiger partial charge in [-0.15, -0.1) is 0 Å². The Kier molecular flexibility index (Phi) is 5.27. The zero-order valence-corrected chi connectivity index (χ0v) is 19.5. The van der Waals surface area contributed by atoms with Crippen molar-refractivity contribution in [3.05, 3.63) is 63.2 Å². The number of likely N-dealkylation sites (tertiary alicyclic amines) is 1. The summed E-state index contributed by atoms with van der Waals surface area (Å²) in [7, 11) is -3.50. The number of carbonyl (C=O) groups excluding carboxylic acids is 1. The van der Waals surface area contributed by atoms with Gasteiger partial charge in [0.15, 0.2) is 0 Å². The van der Waals surface area contributed by atoms with E-state index < -0.39 is 10.0 Å². The third-order valence-corrected chi connectivity index (χ3v) is 8.45. The number of nitrogens with one attached hydrogen (secondary N) is 2. The predicted octanol–water partition coefficient (Wildman–Crippen LogP) is 2.91. The van der Waals surface area contributed by atoms with Gasteiger partial charge in [0.2, 0.25) is 10.0 Å². The molecule has 9 nitrogen and oxygen atoms in total. The van der Waals surface area contributed by atoms with Crippen molar-refractivity contribution in [1.29, 1.82) is 0 Å². The minimum atomic E-state index is -3.50. The van der Waals surface area contributed by atoms with Crippen molar-refractivity contribution in [3.8, 4) is 0 Å². The van der Waals surface area contributed by atoms with E-state index in [1.807, 2.05) is 13.0 Å². The Morgan fingerprint density at radius 1 is 1.15 bits per heavy atom. The molecule has 1 aliphatic carbocycles. The fourth-order valence-corrected chi connectivity index (χ4v) is 5.83. The number of hydrogen-bond donors (Lipinski definition) is 2. The summed E-state index contributed by atoms with van der Waals surface area (Å²) in [6.45, 7) is 4.14. The summed E-state index contributed by atoms with van der Waals surface area (Å²) < 4.78 is 29.0. The lowest BCUT2D eigenvalue weighted by Gasteiger charge is -2.35. The van der Waals surface area contributed by atoms with Gasteiger partial charge in [0.05, 0.1) is 28.2 Å². The monoisotopic (exact) mass is 469 g/mol. The van der Waals surface area contributed by atoms with Crippen LogP contribution in [0.25, 0.3) is 5.65 Å². The highest BCUT2D eigenvalue weighted by Crippen LogP contribution is 2.34. The zero-order valence-electron chi connectivity index (χ0n) is 18.7. The normalized spacial score (nSPS) is 19.1. The van der Waals surface area contributed by atoms with Crippen molar-refractivity contribution in [1.82, 2.24) is 19.5 Å². The molecule has 33 heavy (non-hydrogen) atoms. The van der Waals surface area contributed by atoms with Crippen LogP contribution in [0.1, 0.15) is 65.5 Å². The number of rotatable bonds is 5. The number of H-pyrrole nitrogens is 1. The van der Waals surface area contributed by atoms with Gasteiger partial charge < -0.3 is 9.88 Å². The van der Waals surface area contributed by atoms with Crippen molar-refractivity contribution in [2.24, 2.45) is 0 Å². The Morgan fingerprint density at radius 3 is 2.67 bits per heavy atom. The molecule has 3 heterocycles. The third kappa shape index (κ3) is 3.92. The second-order valence-corrected chi connectivity index (χ2v) is 10.9. The van der Waals surface area contributed by atoms with Gasteiger partial charge in [-0.05, 0) is 58.1 Å². The van der Waals surface area contributed by atoms with Gasteiger partial charge in [-0.3, -0.25) is 14.3 Å². The highest BCUT2D eigenvalue weighted by molar-refractivity contribution is 7.93. The van der Waals surface area contributed by atoms with Crippen LogP contribution in [-0.4, -0.2) is 45.6 Å². The van der Waals surface area contributed by atoms with E-state index in [1.54, 1.807) is 36.1 Å². The van der Waals surface area contributed by atoms with E-state index in [4.69, 9.17) is 0 Å². The number of piperidine rings is 1. The van der Waals surface area contributed by atoms with Crippen molar-refractivity contribution >= 4 is 27.3 Å². The Hall–Kier alpha value is -3.14. The van der Waals surface area contributed by atoms with Crippen LogP contribution in [-0.2, 0) is 10.0 Å². The van der Waals surface area contributed by atoms with Crippen LogP contribution in [0.3, 0.4) is 0 Å². The molecule has 1 aromatic carbocycles. The van der Waals surface area contributed by atoms with E-state index in [-0.39, 0.29) is 22.8 Å². The number of benzene rings is 1.